The Hall–Kier alpha value is -2.47. The molecule has 1 amide bonds. The lowest BCUT2D eigenvalue weighted by molar-refractivity contribution is 0.102. The van der Waals surface area contributed by atoms with Gasteiger partial charge in [-0.25, -0.2) is 4.98 Å². The third-order valence-corrected chi connectivity index (χ3v) is 3.57. The van der Waals surface area contributed by atoms with Gasteiger partial charge in [-0.05, 0) is 31.7 Å². The number of ether oxygens (including phenoxy) is 1. The molecular weight excluding hydrogens is 280 g/mol. The summed E-state index contributed by atoms with van der Waals surface area (Å²) >= 11 is 0. The van der Waals surface area contributed by atoms with Crippen LogP contribution in [0.1, 0.15) is 16.8 Å². The average Bonchev–Trinajstić information content (AvgIpc) is 2.95. The maximum Gasteiger partial charge on any atom is 0.255 e. The molecule has 1 N–H and O–H groups in total. The molecule has 0 spiro atoms. The summed E-state index contributed by atoms with van der Waals surface area (Å²) in [5.41, 5.74) is 1.20. The Balaban J connectivity index is 1.58. The van der Waals surface area contributed by atoms with Crippen LogP contribution in [-0.2, 0) is 0 Å². The van der Waals surface area contributed by atoms with E-state index in [1.807, 2.05) is 0 Å². The van der Waals surface area contributed by atoms with Crippen LogP contribution in [0.25, 0.3) is 0 Å². The van der Waals surface area contributed by atoms with Crippen molar-refractivity contribution in [3.63, 3.8) is 0 Å². The SMILES string of the molecule is CN1CCC(Oc2ccc(NC(=O)c3ccncc3)cn2)C1. The molecule has 1 atom stereocenters. The quantitative estimate of drug-likeness (QED) is 0.932. The van der Waals surface area contributed by atoms with Gasteiger partial charge in [-0.2, -0.15) is 0 Å². The number of amides is 1. The van der Waals surface area contributed by atoms with Crippen LogP contribution in [0, 0.1) is 0 Å². The molecule has 0 aliphatic carbocycles. The lowest BCUT2D eigenvalue weighted by Crippen LogP contribution is -2.21. The fourth-order valence-electron chi connectivity index (χ4n) is 2.39. The van der Waals surface area contributed by atoms with Gasteiger partial charge in [-0.3, -0.25) is 9.78 Å². The van der Waals surface area contributed by atoms with Crippen molar-refractivity contribution in [1.29, 1.82) is 0 Å². The second-order valence-electron chi connectivity index (χ2n) is 5.37. The summed E-state index contributed by atoms with van der Waals surface area (Å²) < 4.78 is 5.82. The van der Waals surface area contributed by atoms with Crippen LogP contribution >= 0.6 is 0 Å². The summed E-state index contributed by atoms with van der Waals surface area (Å²) in [6.45, 7) is 1.97. The fourth-order valence-corrected chi connectivity index (χ4v) is 2.39. The van der Waals surface area contributed by atoms with Crippen molar-refractivity contribution in [2.45, 2.75) is 12.5 Å². The smallest absolute Gasteiger partial charge is 0.255 e. The van der Waals surface area contributed by atoms with Crippen molar-refractivity contribution in [2.24, 2.45) is 0 Å². The average molecular weight is 298 g/mol. The van der Waals surface area contributed by atoms with Gasteiger partial charge in [0.25, 0.3) is 5.91 Å². The minimum Gasteiger partial charge on any atom is -0.473 e. The van der Waals surface area contributed by atoms with Gasteiger partial charge in [0, 0.05) is 37.1 Å². The zero-order valence-electron chi connectivity index (χ0n) is 12.4. The Bertz CT molecular complexity index is 630. The molecule has 22 heavy (non-hydrogen) atoms. The molecule has 1 saturated heterocycles. The normalized spacial score (nSPS) is 18.1. The van der Waals surface area contributed by atoms with E-state index >= 15 is 0 Å². The van der Waals surface area contributed by atoms with Crippen LogP contribution in [0.4, 0.5) is 5.69 Å². The summed E-state index contributed by atoms with van der Waals surface area (Å²) in [7, 11) is 2.08. The topological polar surface area (TPSA) is 67.3 Å². The molecule has 1 fully saturated rings. The van der Waals surface area contributed by atoms with Crippen LogP contribution in [0.2, 0.25) is 0 Å². The fraction of sp³-hybridized carbons (Fsp3) is 0.312. The molecule has 2 aromatic rings. The van der Waals surface area contributed by atoms with E-state index in [1.54, 1.807) is 42.9 Å². The van der Waals surface area contributed by atoms with Gasteiger partial charge in [0.05, 0.1) is 11.9 Å². The molecule has 3 heterocycles. The molecule has 6 nitrogen and oxygen atoms in total. The molecule has 0 radical (unpaired) electrons. The minimum atomic E-state index is -0.185. The number of hydrogen-bond acceptors (Lipinski definition) is 5. The zero-order valence-corrected chi connectivity index (χ0v) is 12.4. The predicted molar refractivity (Wildman–Crippen MR) is 83.0 cm³/mol. The summed E-state index contributed by atoms with van der Waals surface area (Å²) in [5.74, 6) is 0.400. The summed E-state index contributed by atoms with van der Waals surface area (Å²) in [4.78, 5) is 22.4. The Morgan fingerprint density at radius 3 is 2.77 bits per heavy atom. The molecule has 114 valence electrons. The van der Waals surface area contributed by atoms with Crippen molar-refractivity contribution >= 4 is 11.6 Å². The van der Waals surface area contributed by atoms with Gasteiger partial charge in [0.15, 0.2) is 0 Å². The number of aromatic nitrogens is 2. The van der Waals surface area contributed by atoms with Gasteiger partial charge in [-0.15, -0.1) is 0 Å². The maximum atomic E-state index is 12.0. The summed E-state index contributed by atoms with van der Waals surface area (Å²) in [5, 5.41) is 2.79. The van der Waals surface area contributed by atoms with Gasteiger partial charge in [0.1, 0.15) is 6.10 Å². The number of hydrogen-bond donors (Lipinski definition) is 1. The first kappa shape index (κ1) is 14.5. The molecule has 0 bridgehead atoms. The van der Waals surface area contributed by atoms with Crippen LogP contribution in [0.15, 0.2) is 42.9 Å². The molecular formula is C16H18N4O2. The van der Waals surface area contributed by atoms with E-state index in [0.29, 0.717) is 17.1 Å². The number of rotatable bonds is 4. The number of pyridine rings is 2. The number of likely N-dealkylation sites (N-methyl/N-ethyl adjacent to an activating group) is 1. The first-order valence-corrected chi connectivity index (χ1v) is 7.23. The van der Waals surface area contributed by atoms with Crippen molar-refractivity contribution < 1.29 is 9.53 Å². The molecule has 1 unspecified atom stereocenters. The maximum absolute atomic E-state index is 12.0. The minimum absolute atomic E-state index is 0.185. The van der Waals surface area contributed by atoms with E-state index < -0.39 is 0 Å². The highest BCUT2D eigenvalue weighted by atomic mass is 16.5. The van der Waals surface area contributed by atoms with E-state index in [-0.39, 0.29) is 12.0 Å². The third-order valence-electron chi connectivity index (χ3n) is 3.57. The molecule has 0 aromatic carbocycles. The molecule has 0 saturated carbocycles. The summed E-state index contributed by atoms with van der Waals surface area (Å²) in [6.07, 6.45) is 5.98. The Morgan fingerprint density at radius 1 is 1.32 bits per heavy atom. The number of anilines is 1. The van der Waals surface area contributed by atoms with E-state index in [0.717, 1.165) is 19.5 Å². The third kappa shape index (κ3) is 3.59. The van der Waals surface area contributed by atoms with Crippen LogP contribution in [0.3, 0.4) is 0 Å². The standard InChI is InChI=1S/C16H18N4O2/c1-20-9-6-14(11-20)22-15-3-2-13(10-18-15)19-16(21)12-4-7-17-8-5-12/h2-5,7-8,10,14H,6,9,11H2,1H3,(H,19,21). The van der Waals surface area contributed by atoms with Gasteiger partial charge < -0.3 is 15.0 Å². The number of carbonyl (C=O) groups is 1. The zero-order chi connectivity index (χ0) is 15.4. The number of nitrogens with zero attached hydrogens (tertiary/aromatic N) is 3. The second kappa shape index (κ2) is 6.53. The first-order chi connectivity index (χ1) is 10.7. The Kier molecular flexibility index (Phi) is 4.29. The van der Waals surface area contributed by atoms with E-state index in [9.17, 15) is 4.79 Å². The van der Waals surface area contributed by atoms with Gasteiger partial charge >= 0.3 is 0 Å². The van der Waals surface area contributed by atoms with Crippen molar-refractivity contribution in [1.82, 2.24) is 14.9 Å². The molecule has 6 heteroatoms. The van der Waals surface area contributed by atoms with E-state index in [2.05, 4.69) is 27.2 Å². The number of carbonyl (C=O) groups excluding carboxylic acids is 1. The molecule has 1 aliphatic rings. The van der Waals surface area contributed by atoms with Crippen molar-refractivity contribution in [3.05, 3.63) is 48.4 Å². The summed E-state index contributed by atoms with van der Waals surface area (Å²) in [6, 6.07) is 6.90. The number of likely N-dealkylation sites (tertiary alicyclic amines) is 1. The highest BCUT2D eigenvalue weighted by Gasteiger charge is 2.21. The van der Waals surface area contributed by atoms with Crippen LogP contribution in [-0.4, -0.2) is 47.0 Å². The predicted octanol–water partition coefficient (Wildman–Crippen LogP) is 1.81. The Labute approximate surface area is 129 Å². The highest BCUT2D eigenvalue weighted by Crippen LogP contribution is 2.17. The van der Waals surface area contributed by atoms with Gasteiger partial charge in [-0.1, -0.05) is 0 Å². The molecule has 3 rings (SSSR count). The lowest BCUT2D eigenvalue weighted by atomic mass is 10.2. The highest BCUT2D eigenvalue weighted by molar-refractivity contribution is 6.04. The van der Waals surface area contributed by atoms with E-state index in [4.69, 9.17) is 4.74 Å². The number of nitrogens with one attached hydrogen (secondary N) is 1. The first-order valence-electron chi connectivity index (χ1n) is 7.23. The second-order valence-corrected chi connectivity index (χ2v) is 5.37. The Morgan fingerprint density at radius 2 is 2.14 bits per heavy atom. The van der Waals surface area contributed by atoms with Gasteiger partial charge in [0.2, 0.25) is 5.88 Å². The lowest BCUT2D eigenvalue weighted by Gasteiger charge is -2.13. The van der Waals surface area contributed by atoms with Crippen LogP contribution in [0.5, 0.6) is 5.88 Å². The molecule has 2 aromatic heterocycles. The van der Waals surface area contributed by atoms with E-state index in [1.165, 1.54) is 0 Å². The van der Waals surface area contributed by atoms with Crippen molar-refractivity contribution in [3.8, 4) is 5.88 Å². The monoisotopic (exact) mass is 298 g/mol. The largest absolute Gasteiger partial charge is 0.473 e. The van der Waals surface area contributed by atoms with Crippen LogP contribution < -0.4 is 10.1 Å². The molecule has 1 aliphatic heterocycles. The van der Waals surface area contributed by atoms with Crippen molar-refractivity contribution in [2.75, 3.05) is 25.5 Å².